The molecule has 0 bridgehead atoms. The fourth-order valence-electron chi connectivity index (χ4n) is 1.78. The molecule has 0 aliphatic heterocycles. The maximum atomic E-state index is 9.26. The second-order valence-corrected chi connectivity index (χ2v) is 3.93. The molecule has 0 aliphatic carbocycles. The first-order valence-electron chi connectivity index (χ1n) is 5.52. The molecular formula is C13H20O4. The number of aliphatic hydroxyl groups excluding tert-OH is 1. The van der Waals surface area contributed by atoms with Crippen LogP contribution in [0.1, 0.15) is 24.0 Å². The van der Waals surface area contributed by atoms with Crippen LogP contribution in [-0.4, -0.2) is 33.0 Å². The molecule has 0 aliphatic rings. The zero-order chi connectivity index (χ0) is 12.8. The molecule has 1 unspecified atom stereocenters. The first-order valence-corrected chi connectivity index (χ1v) is 5.52. The summed E-state index contributed by atoms with van der Waals surface area (Å²) in [5.41, 5.74) is 1.85. The molecule has 0 saturated heterocycles. The number of methoxy groups -OCH3 is 3. The van der Waals surface area contributed by atoms with Crippen molar-refractivity contribution in [3.8, 4) is 11.5 Å². The van der Waals surface area contributed by atoms with Crippen LogP contribution < -0.4 is 9.47 Å². The van der Waals surface area contributed by atoms with E-state index in [4.69, 9.17) is 14.2 Å². The molecule has 0 saturated carbocycles. The van der Waals surface area contributed by atoms with Crippen LogP contribution in [-0.2, 0) is 11.3 Å². The van der Waals surface area contributed by atoms with Crippen LogP contribution in [0.5, 0.6) is 11.5 Å². The Balaban J connectivity index is 3.28. The Kier molecular flexibility index (Phi) is 5.25. The molecule has 0 heterocycles. The van der Waals surface area contributed by atoms with Gasteiger partial charge in [-0.2, -0.15) is 0 Å². The SMILES string of the molecule is COCc1cc(OC)cc(C(C)CO)c1OC. The Labute approximate surface area is 102 Å². The van der Waals surface area contributed by atoms with E-state index in [0.717, 1.165) is 22.6 Å². The van der Waals surface area contributed by atoms with Gasteiger partial charge in [-0.15, -0.1) is 0 Å². The van der Waals surface area contributed by atoms with Gasteiger partial charge in [-0.05, 0) is 12.1 Å². The second-order valence-electron chi connectivity index (χ2n) is 3.93. The average Bonchev–Trinajstić information content (AvgIpc) is 2.37. The monoisotopic (exact) mass is 240 g/mol. The minimum Gasteiger partial charge on any atom is -0.497 e. The topological polar surface area (TPSA) is 47.9 Å². The van der Waals surface area contributed by atoms with Crippen LogP contribution >= 0.6 is 0 Å². The largest absolute Gasteiger partial charge is 0.497 e. The Morgan fingerprint density at radius 1 is 1.18 bits per heavy atom. The van der Waals surface area contributed by atoms with E-state index in [2.05, 4.69) is 0 Å². The summed E-state index contributed by atoms with van der Waals surface area (Å²) in [4.78, 5) is 0. The highest BCUT2D eigenvalue weighted by Crippen LogP contribution is 2.34. The maximum Gasteiger partial charge on any atom is 0.128 e. The molecule has 4 nitrogen and oxygen atoms in total. The Morgan fingerprint density at radius 2 is 1.88 bits per heavy atom. The van der Waals surface area contributed by atoms with E-state index >= 15 is 0 Å². The first-order chi connectivity index (χ1) is 8.17. The van der Waals surface area contributed by atoms with Gasteiger partial charge in [0.1, 0.15) is 11.5 Å². The average molecular weight is 240 g/mol. The molecule has 1 atom stereocenters. The zero-order valence-corrected chi connectivity index (χ0v) is 10.8. The summed E-state index contributed by atoms with van der Waals surface area (Å²) in [7, 11) is 4.87. The molecule has 1 rings (SSSR count). The first kappa shape index (κ1) is 13.8. The summed E-state index contributed by atoms with van der Waals surface area (Å²) < 4.78 is 15.8. The molecule has 1 N–H and O–H groups in total. The van der Waals surface area contributed by atoms with Crippen molar-refractivity contribution in [3.05, 3.63) is 23.3 Å². The smallest absolute Gasteiger partial charge is 0.128 e. The van der Waals surface area contributed by atoms with Crippen molar-refractivity contribution in [2.24, 2.45) is 0 Å². The van der Waals surface area contributed by atoms with Gasteiger partial charge < -0.3 is 19.3 Å². The van der Waals surface area contributed by atoms with E-state index in [0.29, 0.717) is 6.61 Å². The lowest BCUT2D eigenvalue weighted by molar-refractivity contribution is 0.180. The number of hydrogen-bond donors (Lipinski definition) is 1. The minimum absolute atomic E-state index is 0.00402. The van der Waals surface area contributed by atoms with Crippen LogP contribution in [0.15, 0.2) is 12.1 Å². The van der Waals surface area contributed by atoms with Gasteiger partial charge >= 0.3 is 0 Å². The number of hydrogen-bond acceptors (Lipinski definition) is 4. The van der Waals surface area contributed by atoms with E-state index in [1.807, 2.05) is 19.1 Å². The summed E-state index contributed by atoms with van der Waals surface area (Å²) in [5, 5.41) is 9.26. The van der Waals surface area contributed by atoms with Crippen molar-refractivity contribution in [2.75, 3.05) is 27.9 Å². The predicted octanol–water partition coefficient (Wildman–Crippen LogP) is 1.95. The van der Waals surface area contributed by atoms with E-state index in [1.165, 1.54) is 0 Å². The molecule has 0 aromatic heterocycles. The highest BCUT2D eigenvalue weighted by molar-refractivity contribution is 5.48. The maximum absolute atomic E-state index is 9.26. The van der Waals surface area contributed by atoms with Gasteiger partial charge in [-0.1, -0.05) is 6.92 Å². The number of benzene rings is 1. The van der Waals surface area contributed by atoms with Crippen molar-refractivity contribution in [2.45, 2.75) is 19.4 Å². The molecule has 17 heavy (non-hydrogen) atoms. The molecule has 0 radical (unpaired) electrons. The highest BCUT2D eigenvalue weighted by Gasteiger charge is 2.16. The van der Waals surface area contributed by atoms with Crippen molar-refractivity contribution in [1.29, 1.82) is 0 Å². The molecule has 1 aromatic rings. The molecule has 0 fully saturated rings. The molecule has 4 heteroatoms. The lowest BCUT2D eigenvalue weighted by Crippen LogP contribution is -2.05. The minimum atomic E-state index is -0.00402. The lowest BCUT2D eigenvalue weighted by Gasteiger charge is -2.18. The fraction of sp³-hybridized carbons (Fsp3) is 0.538. The predicted molar refractivity (Wildman–Crippen MR) is 65.8 cm³/mol. The molecular weight excluding hydrogens is 220 g/mol. The van der Waals surface area contributed by atoms with Crippen LogP contribution in [0.2, 0.25) is 0 Å². The van der Waals surface area contributed by atoms with Crippen molar-refractivity contribution in [1.82, 2.24) is 0 Å². The van der Waals surface area contributed by atoms with Crippen LogP contribution in [0.4, 0.5) is 0 Å². The normalized spacial score (nSPS) is 12.3. The third-order valence-corrected chi connectivity index (χ3v) is 2.71. The van der Waals surface area contributed by atoms with Crippen molar-refractivity contribution < 1.29 is 19.3 Å². The Morgan fingerprint density at radius 3 is 2.35 bits per heavy atom. The van der Waals surface area contributed by atoms with Gasteiger partial charge in [0, 0.05) is 30.8 Å². The molecule has 96 valence electrons. The Bertz CT molecular complexity index is 363. The fourth-order valence-corrected chi connectivity index (χ4v) is 1.78. The quantitative estimate of drug-likeness (QED) is 0.825. The molecule has 0 amide bonds. The summed E-state index contributed by atoms with van der Waals surface area (Å²) in [6, 6.07) is 3.77. The van der Waals surface area contributed by atoms with E-state index in [-0.39, 0.29) is 12.5 Å². The summed E-state index contributed by atoms with van der Waals surface area (Å²) in [6.45, 7) is 2.45. The van der Waals surface area contributed by atoms with Gasteiger partial charge in [0.05, 0.1) is 20.8 Å². The summed E-state index contributed by atoms with van der Waals surface area (Å²) in [6.07, 6.45) is 0. The molecule has 1 aromatic carbocycles. The summed E-state index contributed by atoms with van der Waals surface area (Å²) in [5.74, 6) is 1.50. The number of aliphatic hydroxyl groups is 1. The van der Waals surface area contributed by atoms with Crippen LogP contribution in [0.3, 0.4) is 0 Å². The van der Waals surface area contributed by atoms with Gasteiger partial charge in [-0.25, -0.2) is 0 Å². The van der Waals surface area contributed by atoms with Gasteiger partial charge in [0.15, 0.2) is 0 Å². The lowest BCUT2D eigenvalue weighted by atomic mass is 9.97. The van der Waals surface area contributed by atoms with Gasteiger partial charge in [-0.3, -0.25) is 0 Å². The van der Waals surface area contributed by atoms with Crippen molar-refractivity contribution >= 4 is 0 Å². The Hall–Kier alpha value is -1.26. The van der Waals surface area contributed by atoms with E-state index < -0.39 is 0 Å². The van der Waals surface area contributed by atoms with E-state index in [9.17, 15) is 5.11 Å². The number of ether oxygens (including phenoxy) is 3. The van der Waals surface area contributed by atoms with Gasteiger partial charge in [0.2, 0.25) is 0 Å². The third kappa shape index (κ3) is 3.11. The van der Waals surface area contributed by atoms with Crippen LogP contribution in [0, 0.1) is 0 Å². The van der Waals surface area contributed by atoms with Gasteiger partial charge in [0.25, 0.3) is 0 Å². The highest BCUT2D eigenvalue weighted by atomic mass is 16.5. The zero-order valence-electron chi connectivity index (χ0n) is 10.8. The van der Waals surface area contributed by atoms with Crippen molar-refractivity contribution in [3.63, 3.8) is 0 Å². The summed E-state index contributed by atoms with van der Waals surface area (Å²) >= 11 is 0. The number of rotatable bonds is 6. The van der Waals surface area contributed by atoms with Crippen LogP contribution in [0.25, 0.3) is 0 Å². The van der Waals surface area contributed by atoms with E-state index in [1.54, 1.807) is 21.3 Å². The standard InChI is InChI=1S/C13H20O4/c1-9(7-14)12-6-11(16-3)5-10(8-15-2)13(12)17-4/h5-6,9,14H,7-8H2,1-4H3. The third-order valence-electron chi connectivity index (χ3n) is 2.71. The second kappa shape index (κ2) is 6.47. The molecule has 0 spiro atoms.